The molecule has 2 heterocycles. The molecule has 0 atom stereocenters. The minimum absolute atomic E-state index is 0.351. The molecule has 2 aliphatic rings. The van der Waals surface area contributed by atoms with Crippen LogP contribution >= 0.6 is 0 Å². The second kappa shape index (κ2) is 5.21. The summed E-state index contributed by atoms with van der Waals surface area (Å²) in [6.07, 6.45) is 3.43. The van der Waals surface area contributed by atoms with Gasteiger partial charge in [-0.15, -0.1) is 0 Å². The summed E-state index contributed by atoms with van der Waals surface area (Å²) in [4.78, 5) is 24.4. The molecule has 0 fully saturated rings. The minimum Gasteiger partial charge on any atom is -0.488 e. The molecule has 5 nitrogen and oxygen atoms in total. The molecule has 0 N–H and O–H groups in total. The van der Waals surface area contributed by atoms with Gasteiger partial charge in [-0.3, -0.25) is 9.59 Å². The van der Waals surface area contributed by atoms with Crippen LogP contribution in [0, 0.1) is 0 Å². The van der Waals surface area contributed by atoms with Crippen molar-refractivity contribution in [2.75, 3.05) is 6.61 Å². The van der Waals surface area contributed by atoms with Crippen LogP contribution in [0.1, 0.15) is 26.3 Å². The topological polar surface area (TPSA) is 59.0 Å². The maximum atomic E-state index is 12.2. The number of hydrazone groups is 1. The molecule has 0 unspecified atom stereocenters. The monoisotopic (exact) mass is 304 g/mol. The van der Waals surface area contributed by atoms with Crippen molar-refractivity contribution < 1.29 is 14.3 Å². The number of para-hydroxylation sites is 1. The number of nitrogens with zero attached hydrogens (tertiary/aromatic N) is 2. The van der Waals surface area contributed by atoms with Crippen LogP contribution in [-0.2, 0) is 0 Å². The fraction of sp³-hybridized carbons (Fsp3) is 0.0556. The van der Waals surface area contributed by atoms with Crippen molar-refractivity contribution in [3.63, 3.8) is 0 Å². The van der Waals surface area contributed by atoms with Crippen LogP contribution in [-0.4, -0.2) is 29.6 Å². The van der Waals surface area contributed by atoms with E-state index in [2.05, 4.69) is 5.10 Å². The summed E-state index contributed by atoms with van der Waals surface area (Å²) in [5.74, 6) is 0.00420. The number of benzene rings is 2. The van der Waals surface area contributed by atoms with Crippen LogP contribution in [0.25, 0.3) is 6.08 Å². The van der Waals surface area contributed by atoms with Gasteiger partial charge in [0.05, 0.1) is 17.3 Å². The normalized spacial score (nSPS) is 16.2. The second-order valence-electron chi connectivity index (χ2n) is 5.26. The molecule has 0 aromatic heterocycles. The van der Waals surface area contributed by atoms with Crippen molar-refractivity contribution in [2.45, 2.75) is 0 Å². The summed E-state index contributed by atoms with van der Waals surface area (Å²) in [5, 5.41) is 4.95. The highest BCUT2D eigenvalue weighted by Crippen LogP contribution is 2.26. The SMILES string of the molecule is O=C1c2ccccc2C(=O)N1N=CC1=Cc2ccccc2OC1. The van der Waals surface area contributed by atoms with E-state index in [1.165, 1.54) is 6.21 Å². The van der Waals surface area contributed by atoms with E-state index in [1.54, 1.807) is 24.3 Å². The Balaban J connectivity index is 1.60. The lowest BCUT2D eigenvalue weighted by Crippen LogP contribution is -2.24. The lowest BCUT2D eigenvalue weighted by Gasteiger charge is -2.15. The highest BCUT2D eigenvalue weighted by atomic mass is 16.5. The molecule has 0 saturated heterocycles. The van der Waals surface area contributed by atoms with E-state index >= 15 is 0 Å². The Morgan fingerprint density at radius 3 is 2.35 bits per heavy atom. The zero-order valence-electron chi connectivity index (χ0n) is 12.1. The van der Waals surface area contributed by atoms with Gasteiger partial charge in [0.1, 0.15) is 12.4 Å². The van der Waals surface area contributed by atoms with Gasteiger partial charge in [0.2, 0.25) is 0 Å². The van der Waals surface area contributed by atoms with E-state index in [0.29, 0.717) is 17.7 Å². The number of imide groups is 1. The Kier molecular flexibility index (Phi) is 3.05. The summed E-state index contributed by atoms with van der Waals surface area (Å²) in [5.41, 5.74) is 2.51. The Hall–Kier alpha value is -3.21. The minimum atomic E-state index is -0.403. The first kappa shape index (κ1) is 13.5. The van der Waals surface area contributed by atoms with Crippen molar-refractivity contribution in [1.29, 1.82) is 0 Å². The standard InChI is InChI=1S/C18H12N2O3/c21-17-14-6-2-3-7-15(14)18(22)20(17)19-10-12-9-13-5-1-4-8-16(13)23-11-12/h1-10H,11H2. The molecule has 2 amide bonds. The first-order chi connectivity index (χ1) is 11.2. The number of rotatable bonds is 2. The predicted octanol–water partition coefficient (Wildman–Crippen LogP) is 2.74. The van der Waals surface area contributed by atoms with E-state index in [-0.39, 0.29) is 0 Å². The number of fused-ring (bicyclic) bond motifs is 2. The number of carbonyl (C=O) groups is 2. The van der Waals surface area contributed by atoms with E-state index in [0.717, 1.165) is 21.9 Å². The average molecular weight is 304 g/mol. The van der Waals surface area contributed by atoms with Crippen LogP contribution in [0.15, 0.2) is 59.2 Å². The van der Waals surface area contributed by atoms with E-state index < -0.39 is 11.8 Å². The molecule has 23 heavy (non-hydrogen) atoms. The van der Waals surface area contributed by atoms with Gasteiger partial charge in [-0.1, -0.05) is 30.3 Å². The maximum Gasteiger partial charge on any atom is 0.282 e. The Bertz CT molecular complexity index is 848. The predicted molar refractivity (Wildman–Crippen MR) is 85.3 cm³/mol. The van der Waals surface area contributed by atoms with Gasteiger partial charge in [-0.05, 0) is 24.3 Å². The van der Waals surface area contributed by atoms with E-state index in [9.17, 15) is 9.59 Å². The van der Waals surface area contributed by atoms with Crippen molar-refractivity contribution >= 4 is 24.1 Å². The molecule has 0 aliphatic carbocycles. The van der Waals surface area contributed by atoms with Gasteiger partial charge in [0.15, 0.2) is 0 Å². The number of amides is 2. The molecule has 5 heteroatoms. The van der Waals surface area contributed by atoms with E-state index in [4.69, 9.17) is 4.74 Å². The van der Waals surface area contributed by atoms with Crippen molar-refractivity contribution in [1.82, 2.24) is 5.01 Å². The third-order valence-corrected chi connectivity index (χ3v) is 3.77. The quantitative estimate of drug-likeness (QED) is 0.633. The van der Waals surface area contributed by atoms with Crippen molar-refractivity contribution in [3.05, 3.63) is 70.8 Å². The Morgan fingerprint density at radius 2 is 1.61 bits per heavy atom. The van der Waals surface area contributed by atoms with Crippen LogP contribution in [0.3, 0.4) is 0 Å². The second-order valence-corrected chi connectivity index (χ2v) is 5.26. The maximum absolute atomic E-state index is 12.2. The largest absolute Gasteiger partial charge is 0.488 e. The molecular weight excluding hydrogens is 292 g/mol. The molecule has 2 aliphatic heterocycles. The first-order valence-corrected chi connectivity index (χ1v) is 7.18. The molecule has 4 rings (SSSR count). The van der Waals surface area contributed by atoms with Gasteiger partial charge in [0.25, 0.3) is 11.8 Å². The Morgan fingerprint density at radius 1 is 0.957 bits per heavy atom. The molecule has 112 valence electrons. The number of hydrogen-bond donors (Lipinski definition) is 0. The summed E-state index contributed by atoms with van der Waals surface area (Å²) in [6.45, 7) is 0.351. The molecule has 2 aromatic rings. The number of ether oxygens (including phenoxy) is 1. The zero-order valence-corrected chi connectivity index (χ0v) is 12.1. The zero-order chi connectivity index (χ0) is 15.8. The van der Waals surface area contributed by atoms with Gasteiger partial charge < -0.3 is 4.74 Å². The van der Waals surface area contributed by atoms with Crippen molar-refractivity contribution in [3.8, 4) is 5.75 Å². The summed E-state index contributed by atoms with van der Waals surface area (Å²) in [7, 11) is 0. The van der Waals surface area contributed by atoms with Crippen LogP contribution in [0.5, 0.6) is 5.75 Å². The fourth-order valence-corrected chi connectivity index (χ4v) is 2.62. The van der Waals surface area contributed by atoms with Crippen molar-refractivity contribution in [2.24, 2.45) is 5.10 Å². The summed E-state index contributed by atoms with van der Waals surface area (Å²) >= 11 is 0. The van der Waals surface area contributed by atoms with Crippen LogP contribution in [0.4, 0.5) is 0 Å². The lowest BCUT2D eigenvalue weighted by atomic mass is 10.1. The third kappa shape index (κ3) is 2.23. The van der Waals surface area contributed by atoms with Crippen LogP contribution in [0.2, 0.25) is 0 Å². The van der Waals surface area contributed by atoms with E-state index in [1.807, 2.05) is 30.3 Å². The number of carbonyl (C=O) groups excluding carboxylic acids is 2. The molecule has 0 spiro atoms. The lowest BCUT2D eigenvalue weighted by molar-refractivity contribution is 0.0660. The van der Waals surface area contributed by atoms with Gasteiger partial charge >= 0.3 is 0 Å². The third-order valence-electron chi connectivity index (χ3n) is 3.77. The van der Waals surface area contributed by atoms with Gasteiger partial charge in [-0.25, -0.2) is 0 Å². The number of hydrogen-bond acceptors (Lipinski definition) is 4. The molecule has 2 aromatic carbocycles. The smallest absolute Gasteiger partial charge is 0.282 e. The Labute approximate surface area is 132 Å². The van der Waals surface area contributed by atoms with Crippen LogP contribution < -0.4 is 4.74 Å². The summed E-state index contributed by atoms with van der Waals surface area (Å²) in [6, 6.07) is 14.4. The van der Waals surface area contributed by atoms with Gasteiger partial charge in [0, 0.05) is 11.1 Å². The summed E-state index contributed by atoms with van der Waals surface area (Å²) < 4.78 is 5.62. The van der Waals surface area contributed by atoms with Gasteiger partial charge in [-0.2, -0.15) is 10.1 Å². The highest BCUT2D eigenvalue weighted by Gasteiger charge is 2.35. The molecular formula is C18H12N2O3. The molecule has 0 saturated carbocycles. The fourth-order valence-electron chi connectivity index (χ4n) is 2.62. The highest BCUT2D eigenvalue weighted by molar-refractivity contribution is 6.21. The molecule has 0 radical (unpaired) electrons. The molecule has 0 bridgehead atoms. The first-order valence-electron chi connectivity index (χ1n) is 7.18. The average Bonchev–Trinajstić information content (AvgIpc) is 2.84.